The lowest BCUT2D eigenvalue weighted by atomic mass is 10.2. The highest BCUT2D eigenvalue weighted by Gasteiger charge is 2.16. The van der Waals surface area contributed by atoms with Gasteiger partial charge in [-0.3, -0.25) is 0 Å². The molecule has 0 spiro atoms. The average molecular weight is 386 g/mol. The van der Waals surface area contributed by atoms with E-state index in [-0.39, 0.29) is 11.8 Å². The smallest absolute Gasteiger partial charge is 0.226 e. The van der Waals surface area contributed by atoms with Crippen molar-refractivity contribution in [1.29, 1.82) is 0 Å². The fourth-order valence-corrected chi connectivity index (χ4v) is 2.79. The zero-order valence-corrected chi connectivity index (χ0v) is 16.5. The minimum atomic E-state index is -0.528. The van der Waals surface area contributed by atoms with Crippen molar-refractivity contribution < 1.29 is 14.9 Å². The van der Waals surface area contributed by atoms with E-state index in [0.29, 0.717) is 47.3 Å². The van der Waals surface area contributed by atoms with Crippen LogP contribution in [0.5, 0.6) is 11.5 Å². The third-order valence-corrected chi connectivity index (χ3v) is 4.28. The van der Waals surface area contributed by atoms with Gasteiger partial charge in [0.25, 0.3) is 0 Å². The third kappa shape index (κ3) is 4.09. The SMILES string of the molecule is COc1cccc(CNc2nc(NC[C@H](C)O)nc3c2ncn3C(C)C)c1O. The maximum Gasteiger partial charge on any atom is 0.226 e. The molecule has 3 aromatic rings. The van der Waals surface area contributed by atoms with Gasteiger partial charge in [-0.15, -0.1) is 0 Å². The molecule has 2 heterocycles. The molecule has 0 saturated heterocycles. The molecule has 9 nitrogen and oxygen atoms in total. The Hall–Kier alpha value is -3.07. The van der Waals surface area contributed by atoms with Crippen molar-refractivity contribution in [3.63, 3.8) is 0 Å². The molecule has 0 amide bonds. The summed E-state index contributed by atoms with van der Waals surface area (Å²) in [4.78, 5) is 13.5. The van der Waals surface area contributed by atoms with Crippen molar-refractivity contribution >= 4 is 22.9 Å². The van der Waals surface area contributed by atoms with Crippen LogP contribution in [0.4, 0.5) is 11.8 Å². The molecule has 0 fully saturated rings. The number of para-hydroxylation sites is 1. The highest BCUT2D eigenvalue weighted by molar-refractivity contribution is 5.84. The summed E-state index contributed by atoms with van der Waals surface area (Å²) >= 11 is 0. The first-order valence-electron chi connectivity index (χ1n) is 9.16. The number of aliphatic hydroxyl groups is 1. The van der Waals surface area contributed by atoms with Crippen LogP contribution in [0.1, 0.15) is 32.4 Å². The molecule has 2 aromatic heterocycles. The second kappa shape index (κ2) is 8.30. The van der Waals surface area contributed by atoms with E-state index in [1.165, 1.54) is 7.11 Å². The maximum atomic E-state index is 10.3. The third-order valence-electron chi connectivity index (χ3n) is 4.28. The van der Waals surface area contributed by atoms with Crippen molar-refractivity contribution in [3.8, 4) is 11.5 Å². The normalized spacial score (nSPS) is 12.4. The van der Waals surface area contributed by atoms with Crippen LogP contribution in [-0.4, -0.2) is 49.5 Å². The fraction of sp³-hybridized carbons (Fsp3) is 0.421. The first-order valence-corrected chi connectivity index (χ1v) is 9.16. The van der Waals surface area contributed by atoms with Gasteiger partial charge >= 0.3 is 0 Å². The van der Waals surface area contributed by atoms with Crippen molar-refractivity contribution in [1.82, 2.24) is 19.5 Å². The van der Waals surface area contributed by atoms with Crippen LogP contribution < -0.4 is 15.4 Å². The van der Waals surface area contributed by atoms with Gasteiger partial charge in [0.1, 0.15) is 0 Å². The molecular formula is C19H26N6O3. The predicted molar refractivity (Wildman–Crippen MR) is 108 cm³/mol. The van der Waals surface area contributed by atoms with E-state index >= 15 is 0 Å². The second-order valence-corrected chi connectivity index (χ2v) is 6.87. The van der Waals surface area contributed by atoms with Gasteiger partial charge in [-0.2, -0.15) is 9.97 Å². The Morgan fingerprint density at radius 2 is 1.96 bits per heavy atom. The predicted octanol–water partition coefficient (Wildman–Crippen LogP) is 2.53. The molecule has 0 aliphatic rings. The number of rotatable bonds is 8. The number of hydrogen-bond donors (Lipinski definition) is 4. The lowest BCUT2D eigenvalue weighted by molar-refractivity contribution is 0.208. The molecular weight excluding hydrogens is 360 g/mol. The van der Waals surface area contributed by atoms with Crippen LogP contribution in [0, 0.1) is 0 Å². The van der Waals surface area contributed by atoms with Crippen LogP contribution >= 0.6 is 0 Å². The summed E-state index contributed by atoms with van der Waals surface area (Å²) in [7, 11) is 1.51. The molecule has 1 atom stereocenters. The summed E-state index contributed by atoms with van der Waals surface area (Å²) < 4.78 is 7.12. The number of nitrogens with zero attached hydrogens (tertiary/aromatic N) is 4. The summed E-state index contributed by atoms with van der Waals surface area (Å²) in [5.74, 6) is 1.44. The number of aromatic nitrogens is 4. The zero-order chi connectivity index (χ0) is 20.3. The topological polar surface area (TPSA) is 117 Å². The van der Waals surface area contributed by atoms with Crippen LogP contribution in [0.15, 0.2) is 24.5 Å². The van der Waals surface area contributed by atoms with Crippen molar-refractivity contribution in [2.75, 3.05) is 24.3 Å². The lowest BCUT2D eigenvalue weighted by Crippen LogP contribution is -2.18. The first-order chi connectivity index (χ1) is 13.4. The molecule has 0 aliphatic carbocycles. The van der Waals surface area contributed by atoms with Crippen LogP contribution in [0.3, 0.4) is 0 Å². The standard InChI is InChI=1S/C19H26N6O3/c1-11(2)25-10-22-15-17(23-19(24-18(15)25)21-8-12(3)26)20-9-13-6-5-7-14(28-4)16(13)27/h5-7,10-12,26-27H,8-9H2,1-4H3,(H2,20,21,23,24)/t12-/m0/s1. The Kier molecular flexibility index (Phi) is 5.84. The number of aliphatic hydroxyl groups excluding tert-OH is 1. The van der Waals surface area contributed by atoms with E-state index in [2.05, 4.69) is 25.6 Å². The Bertz CT molecular complexity index is 954. The summed E-state index contributed by atoms with van der Waals surface area (Å²) in [6, 6.07) is 5.50. The minimum Gasteiger partial charge on any atom is -0.504 e. The first kappa shape index (κ1) is 19.7. The minimum absolute atomic E-state index is 0.0861. The van der Waals surface area contributed by atoms with Crippen molar-refractivity contribution in [3.05, 3.63) is 30.1 Å². The number of imidazole rings is 1. The number of hydrogen-bond acceptors (Lipinski definition) is 8. The van der Waals surface area contributed by atoms with E-state index < -0.39 is 6.10 Å². The number of fused-ring (bicyclic) bond motifs is 1. The van der Waals surface area contributed by atoms with Gasteiger partial charge in [-0.05, 0) is 26.8 Å². The van der Waals surface area contributed by atoms with Crippen LogP contribution in [0.25, 0.3) is 11.2 Å². The molecule has 0 bridgehead atoms. The highest BCUT2D eigenvalue weighted by Crippen LogP contribution is 2.30. The molecule has 150 valence electrons. The number of ether oxygens (including phenoxy) is 1. The van der Waals surface area contributed by atoms with E-state index in [0.717, 1.165) is 0 Å². The Morgan fingerprint density at radius 3 is 2.64 bits per heavy atom. The zero-order valence-electron chi connectivity index (χ0n) is 16.5. The number of phenolic OH excluding ortho intramolecular Hbond substituents is 1. The molecule has 1 aromatic carbocycles. The van der Waals surface area contributed by atoms with E-state index in [1.54, 1.807) is 19.3 Å². The van der Waals surface area contributed by atoms with Gasteiger partial charge in [0.15, 0.2) is 28.5 Å². The van der Waals surface area contributed by atoms with Crippen molar-refractivity contribution in [2.45, 2.75) is 39.5 Å². The summed E-state index contributed by atoms with van der Waals surface area (Å²) in [5, 5.41) is 26.1. The molecule has 9 heteroatoms. The molecule has 3 rings (SSSR count). The van der Waals surface area contributed by atoms with Gasteiger partial charge in [0, 0.05) is 24.7 Å². The number of aromatic hydroxyl groups is 1. The second-order valence-electron chi connectivity index (χ2n) is 6.87. The molecule has 28 heavy (non-hydrogen) atoms. The molecule has 0 aliphatic heterocycles. The summed E-state index contributed by atoms with van der Waals surface area (Å²) in [5.41, 5.74) is 2.00. The summed E-state index contributed by atoms with van der Waals surface area (Å²) in [6.07, 6.45) is 1.20. The number of nitrogens with one attached hydrogen (secondary N) is 2. The van der Waals surface area contributed by atoms with Gasteiger partial charge in [0.2, 0.25) is 5.95 Å². The van der Waals surface area contributed by atoms with Crippen LogP contribution in [0.2, 0.25) is 0 Å². The van der Waals surface area contributed by atoms with E-state index in [9.17, 15) is 10.2 Å². The van der Waals surface area contributed by atoms with E-state index in [4.69, 9.17) is 4.74 Å². The van der Waals surface area contributed by atoms with Gasteiger partial charge in [-0.25, -0.2) is 4.98 Å². The Balaban J connectivity index is 1.94. The molecule has 0 radical (unpaired) electrons. The number of anilines is 2. The van der Waals surface area contributed by atoms with Crippen LogP contribution in [-0.2, 0) is 6.54 Å². The highest BCUT2D eigenvalue weighted by atomic mass is 16.5. The lowest BCUT2D eigenvalue weighted by Gasteiger charge is -2.13. The Labute approximate surface area is 163 Å². The number of methoxy groups -OCH3 is 1. The summed E-state index contributed by atoms with van der Waals surface area (Å²) in [6.45, 7) is 6.45. The molecule has 0 saturated carbocycles. The molecule has 0 unspecified atom stereocenters. The number of benzene rings is 1. The molecule has 4 N–H and O–H groups in total. The van der Waals surface area contributed by atoms with Crippen molar-refractivity contribution in [2.24, 2.45) is 0 Å². The van der Waals surface area contributed by atoms with Gasteiger partial charge in [-0.1, -0.05) is 12.1 Å². The fourth-order valence-electron chi connectivity index (χ4n) is 2.79. The maximum absolute atomic E-state index is 10.3. The van der Waals surface area contributed by atoms with Gasteiger partial charge < -0.3 is 30.2 Å². The van der Waals surface area contributed by atoms with E-state index in [1.807, 2.05) is 30.5 Å². The quantitative estimate of drug-likeness (QED) is 0.467. The Morgan fingerprint density at radius 1 is 1.18 bits per heavy atom. The average Bonchev–Trinajstić information content (AvgIpc) is 3.09. The van der Waals surface area contributed by atoms with Gasteiger partial charge in [0.05, 0.1) is 19.5 Å². The monoisotopic (exact) mass is 386 g/mol. The number of phenols is 1. The largest absolute Gasteiger partial charge is 0.504 e.